The lowest BCUT2D eigenvalue weighted by Crippen LogP contribution is -2.45. The van der Waals surface area contributed by atoms with Crippen molar-refractivity contribution in [2.45, 2.75) is 13.0 Å². The second-order valence-corrected chi connectivity index (χ2v) is 4.32. The van der Waals surface area contributed by atoms with Gasteiger partial charge in [0.25, 0.3) is 0 Å². The Morgan fingerprint density at radius 3 is 2.60 bits per heavy atom. The number of methoxy groups -OCH3 is 2. The molecule has 1 aromatic rings. The summed E-state index contributed by atoms with van der Waals surface area (Å²) in [5.74, 6) is 0.0699. The number of urea groups is 1. The van der Waals surface area contributed by atoms with E-state index in [9.17, 15) is 9.59 Å². The largest absolute Gasteiger partial charge is 0.496 e. The minimum Gasteiger partial charge on any atom is -0.496 e. The molecule has 0 saturated carbocycles. The van der Waals surface area contributed by atoms with Gasteiger partial charge in [-0.25, -0.2) is 9.59 Å². The molecule has 1 atom stereocenters. The molecule has 2 amide bonds. The van der Waals surface area contributed by atoms with Crippen LogP contribution in [0.5, 0.6) is 5.75 Å². The maximum absolute atomic E-state index is 11.7. The SMILES string of the molecule is COC(=O)C1=C(C)[C@H](c2ccccc2OC)NC(=O)N1. The van der Waals surface area contributed by atoms with Crippen LogP contribution in [0.4, 0.5) is 4.79 Å². The number of hydrogen-bond donors (Lipinski definition) is 2. The average Bonchev–Trinajstić information content (AvgIpc) is 2.48. The molecule has 1 aliphatic heterocycles. The molecule has 6 heteroatoms. The Labute approximate surface area is 116 Å². The molecule has 0 bridgehead atoms. The smallest absolute Gasteiger partial charge is 0.354 e. The second-order valence-electron chi connectivity index (χ2n) is 4.32. The number of amides is 2. The summed E-state index contributed by atoms with van der Waals surface area (Å²) in [6.45, 7) is 1.76. The standard InChI is InChI=1S/C14H16N2O4/c1-8-11(9-6-4-5-7-10(9)19-2)15-14(18)16-12(8)13(17)20-3/h4-7,11H,1-3H3,(H2,15,16,18)/t11-/m1/s1. The van der Waals surface area contributed by atoms with E-state index in [0.717, 1.165) is 5.56 Å². The summed E-state index contributed by atoms with van der Waals surface area (Å²) in [5, 5.41) is 5.24. The molecular weight excluding hydrogens is 260 g/mol. The summed E-state index contributed by atoms with van der Waals surface area (Å²) in [6, 6.07) is 6.44. The number of carbonyl (C=O) groups excluding carboxylic acids is 2. The predicted molar refractivity (Wildman–Crippen MR) is 72.1 cm³/mol. The monoisotopic (exact) mass is 276 g/mol. The van der Waals surface area contributed by atoms with Crippen molar-refractivity contribution in [3.05, 3.63) is 41.1 Å². The molecule has 20 heavy (non-hydrogen) atoms. The van der Waals surface area contributed by atoms with Gasteiger partial charge in [0.1, 0.15) is 11.4 Å². The summed E-state index contributed by atoms with van der Waals surface area (Å²) in [5.41, 5.74) is 1.61. The highest BCUT2D eigenvalue weighted by molar-refractivity contribution is 5.96. The van der Waals surface area contributed by atoms with E-state index >= 15 is 0 Å². The molecule has 0 radical (unpaired) electrons. The molecule has 6 nitrogen and oxygen atoms in total. The number of esters is 1. The Morgan fingerprint density at radius 2 is 1.95 bits per heavy atom. The van der Waals surface area contributed by atoms with Gasteiger partial charge in [0.05, 0.1) is 20.3 Å². The third-order valence-electron chi connectivity index (χ3n) is 3.18. The Kier molecular flexibility index (Phi) is 3.93. The first-order valence-corrected chi connectivity index (χ1v) is 6.08. The third-order valence-corrected chi connectivity index (χ3v) is 3.18. The van der Waals surface area contributed by atoms with Crippen LogP contribution in [-0.4, -0.2) is 26.2 Å². The molecule has 1 aromatic carbocycles. The van der Waals surface area contributed by atoms with E-state index in [1.807, 2.05) is 18.2 Å². The Bertz CT molecular complexity index is 580. The van der Waals surface area contributed by atoms with Gasteiger partial charge in [-0.2, -0.15) is 0 Å². The molecule has 0 fully saturated rings. The van der Waals surface area contributed by atoms with Crippen molar-refractivity contribution in [1.82, 2.24) is 10.6 Å². The van der Waals surface area contributed by atoms with Crippen molar-refractivity contribution in [2.75, 3.05) is 14.2 Å². The van der Waals surface area contributed by atoms with Crippen molar-refractivity contribution in [3.63, 3.8) is 0 Å². The van der Waals surface area contributed by atoms with Gasteiger partial charge in [0, 0.05) is 5.56 Å². The highest BCUT2D eigenvalue weighted by atomic mass is 16.5. The van der Waals surface area contributed by atoms with Crippen LogP contribution in [-0.2, 0) is 9.53 Å². The number of hydrogen-bond acceptors (Lipinski definition) is 4. The minimum absolute atomic E-state index is 0.159. The van der Waals surface area contributed by atoms with Gasteiger partial charge in [0.2, 0.25) is 0 Å². The van der Waals surface area contributed by atoms with Crippen LogP contribution in [0.25, 0.3) is 0 Å². The van der Waals surface area contributed by atoms with Gasteiger partial charge in [-0.3, -0.25) is 0 Å². The molecule has 2 N–H and O–H groups in total. The quantitative estimate of drug-likeness (QED) is 0.820. The second kappa shape index (κ2) is 5.64. The molecule has 0 spiro atoms. The first kappa shape index (κ1) is 13.9. The van der Waals surface area contributed by atoms with Crippen molar-refractivity contribution < 1.29 is 19.1 Å². The van der Waals surface area contributed by atoms with Crippen LogP contribution < -0.4 is 15.4 Å². The van der Waals surface area contributed by atoms with Gasteiger partial charge in [-0.05, 0) is 18.6 Å². The fourth-order valence-corrected chi connectivity index (χ4v) is 2.16. The van der Waals surface area contributed by atoms with E-state index in [1.54, 1.807) is 20.1 Å². The molecule has 2 rings (SSSR count). The van der Waals surface area contributed by atoms with Crippen LogP contribution in [0.2, 0.25) is 0 Å². The van der Waals surface area contributed by atoms with Crippen molar-refractivity contribution in [3.8, 4) is 5.75 Å². The summed E-state index contributed by atoms with van der Waals surface area (Å²) >= 11 is 0. The summed E-state index contributed by atoms with van der Waals surface area (Å²) in [6.07, 6.45) is 0. The van der Waals surface area contributed by atoms with Gasteiger partial charge in [0.15, 0.2) is 0 Å². The Balaban J connectivity index is 2.49. The minimum atomic E-state index is -0.572. The van der Waals surface area contributed by atoms with Crippen LogP contribution >= 0.6 is 0 Å². The zero-order chi connectivity index (χ0) is 14.7. The number of rotatable bonds is 3. The maximum Gasteiger partial charge on any atom is 0.354 e. The van der Waals surface area contributed by atoms with Gasteiger partial charge < -0.3 is 20.1 Å². The van der Waals surface area contributed by atoms with Crippen LogP contribution in [0.15, 0.2) is 35.5 Å². The Hall–Kier alpha value is -2.50. The van der Waals surface area contributed by atoms with Gasteiger partial charge in [-0.1, -0.05) is 18.2 Å². The lowest BCUT2D eigenvalue weighted by Gasteiger charge is -2.28. The number of para-hydroxylation sites is 1. The zero-order valence-electron chi connectivity index (χ0n) is 11.5. The van der Waals surface area contributed by atoms with E-state index < -0.39 is 18.0 Å². The lowest BCUT2D eigenvalue weighted by atomic mass is 9.96. The van der Waals surface area contributed by atoms with Crippen LogP contribution in [0, 0.1) is 0 Å². The highest BCUT2D eigenvalue weighted by Gasteiger charge is 2.30. The Morgan fingerprint density at radius 1 is 1.25 bits per heavy atom. The van der Waals surface area contributed by atoms with E-state index in [-0.39, 0.29) is 5.70 Å². The van der Waals surface area contributed by atoms with Crippen LogP contribution in [0.1, 0.15) is 18.5 Å². The summed E-state index contributed by atoms with van der Waals surface area (Å²) in [4.78, 5) is 23.4. The number of carbonyl (C=O) groups is 2. The first-order valence-electron chi connectivity index (χ1n) is 6.08. The molecule has 0 unspecified atom stereocenters. The molecular formula is C14H16N2O4. The molecule has 1 heterocycles. The first-order chi connectivity index (χ1) is 9.58. The summed E-state index contributed by atoms with van der Waals surface area (Å²) < 4.78 is 9.97. The number of benzene rings is 1. The van der Waals surface area contributed by atoms with Crippen molar-refractivity contribution in [2.24, 2.45) is 0 Å². The maximum atomic E-state index is 11.7. The zero-order valence-corrected chi connectivity index (χ0v) is 11.5. The van der Waals surface area contributed by atoms with Crippen molar-refractivity contribution in [1.29, 1.82) is 0 Å². The summed E-state index contributed by atoms with van der Waals surface area (Å²) in [7, 11) is 2.83. The highest BCUT2D eigenvalue weighted by Crippen LogP contribution is 2.32. The normalized spacial score (nSPS) is 18.1. The topological polar surface area (TPSA) is 76.7 Å². The third kappa shape index (κ3) is 2.45. The van der Waals surface area contributed by atoms with Crippen LogP contribution in [0.3, 0.4) is 0 Å². The van der Waals surface area contributed by atoms with E-state index in [0.29, 0.717) is 11.3 Å². The molecule has 106 valence electrons. The fourth-order valence-electron chi connectivity index (χ4n) is 2.16. The van der Waals surface area contributed by atoms with E-state index in [4.69, 9.17) is 4.74 Å². The predicted octanol–water partition coefficient (Wildman–Crippen LogP) is 1.50. The molecule has 0 aromatic heterocycles. The average molecular weight is 276 g/mol. The van der Waals surface area contributed by atoms with E-state index in [1.165, 1.54) is 7.11 Å². The van der Waals surface area contributed by atoms with Crippen molar-refractivity contribution >= 4 is 12.0 Å². The molecule has 1 aliphatic rings. The molecule has 0 aliphatic carbocycles. The van der Waals surface area contributed by atoms with E-state index in [2.05, 4.69) is 15.4 Å². The fraction of sp³-hybridized carbons (Fsp3) is 0.286. The van der Waals surface area contributed by atoms with Gasteiger partial charge >= 0.3 is 12.0 Å². The number of nitrogens with one attached hydrogen (secondary N) is 2. The molecule has 0 saturated heterocycles. The van der Waals surface area contributed by atoms with Gasteiger partial charge in [-0.15, -0.1) is 0 Å². The lowest BCUT2D eigenvalue weighted by molar-refractivity contribution is -0.136. The number of ether oxygens (including phenoxy) is 2.